The number of urea groups is 1. The molecule has 5 rings (SSSR count). The average molecular weight is 491 g/mol. The molecule has 188 valence electrons. The largest absolute Gasteiger partial charge is 0.493 e. The van der Waals surface area contributed by atoms with Crippen molar-refractivity contribution in [1.29, 1.82) is 0 Å². The lowest BCUT2D eigenvalue weighted by molar-refractivity contribution is -0.129. The maximum atomic E-state index is 13.0. The molecule has 1 atom stereocenters. The van der Waals surface area contributed by atoms with Gasteiger partial charge in [-0.3, -0.25) is 14.5 Å². The third-order valence-electron chi connectivity index (χ3n) is 7.04. The number of H-pyrrole nitrogens is 1. The zero-order chi connectivity index (χ0) is 25.2. The Morgan fingerprint density at radius 3 is 2.64 bits per heavy atom. The van der Waals surface area contributed by atoms with E-state index in [2.05, 4.69) is 16.4 Å². The van der Waals surface area contributed by atoms with Gasteiger partial charge >= 0.3 is 6.03 Å². The summed E-state index contributed by atoms with van der Waals surface area (Å²) in [5.41, 5.74) is 4.16. The van der Waals surface area contributed by atoms with E-state index in [1.165, 1.54) is 4.90 Å². The van der Waals surface area contributed by atoms with Crippen LogP contribution in [0.15, 0.2) is 42.6 Å². The van der Waals surface area contributed by atoms with Crippen LogP contribution >= 0.6 is 0 Å². The van der Waals surface area contributed by atoms with Crippen LogP contribution < -0.4 is 14.8 Å². The highest BCUT2D eigenvalue weighted by Crippen LogP contribution is 2.37. The Labute approximate surface area is 209 Å². The van der Waals surface area contributed by atoms with Crippen molar-refractivity contribution in [3.8, 4) is 11.5 Å². The predicted molar refractivity (Wildman–Crippen MR) is 134 cm³/mol. The highest BCUT2D eigenvalue weighted by Gasteiger charge is 2.47. The van der Waals surface area contributed by atoms with Gasteiger partial charge in [0.1, 0.15) is 6.04 Å². The SMILES string of the molecule is COc1cc2c(cc1OC)CN1C(=O)N(CCCC(=O)NCCc3c[nH]c4ccccc34)C(=O)[C@H]1C2. The molecule has 0 radical (unpaired) electrons. The number of nitrogens with one attached hydrogen (secondary N) is 2. The molecule has 0 bridgehead atoms. The maximum absolute atomic E-state index is 13.0. The zero-order valence-electron chi connectivity index (χ0n) is 20.5. The van der Waals surface area contributed by atoms with Gasteiger partial charge in [-0.2, -0.15) is 0 Å². The van der Waals surface area contributed by atoms with Gasteiger partial charge < -0.3 is 24.7 Å². The number of carbonyl (C=O) groups is 3. The Kier molecular flexibility index (Phi) is 6.54. The molecular formula is C27H30N4O5. The summed E-state index contributed by atoms with van der Waals surface area (Å²) in [5, 5.41) is 4.10. The van der Waals surface area contributed by atoms with Gasteiger partial charge in [-0.25, -0.2) is 4.79 Å². The number of hydrogen-bond acceptors (Lipinski definition) is 5. The first-order valence-corrected chi connectivity index (χ1v) is 12.2. The van der Waals surface area contributed by atoms with E-state index in [0.717, 1.165) is 34.0 Å². The second-order valence-electron chi connectivity index (χ2n) is 9.16. The standard InChI is InChI=1S/C27H30N4O5/c1-35-23-13-18-12-22-26(33)30(27(34)31(22)16-19(18)14-24(23)36-2)11-5-8-25(32)28-10-9-17-15-29-21-7-4-3-6-20(17)21/h3-4,6-7,13-15,22,29H,5,8-12,16H2,1-2H3,(H,28,32)/t22-/m1/s1. The summed E-state index contributed by atoms with van der Waals surface area (Å²) in [4.78, 5) is 44.5. The fourth-order valence-corrected chi connectivity index (χ4v) is 5.13. The van der Waals surface area contributed by atoms with Crippen LogP contribution in [0, 0.1) is 0 Å². The molecule has 1 fully saturated rings. The molecule has 1 saturated heterocycles. The molecule has 9 nitrogen and oxygen atoms in total. The number of nitrogens with zero attached hydrogens (tertiary/aromatic N) is 2. The van der Waals surface area contributed by atoms with Crippen molar-refractivity contribution >= 4 is 28.7 Å². The van der Waals surface area contributed by atoms with Gasteiger partial charge in [0.05, 0.1) is 14.2 Å². The molecule has 2 aromatic carbocycles. The Hall–Kier alpha value is -4.01. The summed E-state index contributed by atoms with van der Waals surface area (Å²) >= 11 is 0. The number of amides is 4. The molecule has 2 aliphatic rings. The number of fused-ring (bicyclic) bond motifs is 3. The molecule has 36 heavy (non-hydrogen) atoms. The number of hydrogen-bond donors (Lipinski definition) is 2. The number of methoxy groups -OCH3 is 2. The van der Waals surface area contributed by atoms with Crippen molar-refractivity contribution < 1.29 is 23.9 Å². The molecule has 3 aromatic rings. The van der Waals surface area contributed by atoms with Gasteiger partial charge in [-0.15, -0.1) is 0 Å². The predicted octanol–water partition coefficient (Wildman–Crippen LogP) is 3.01. The molecule has 9 heteroatoms. The van der Waals surface area contributed by atoms with Crippen LogP contribution in [0.1, 0.15) is 29.5 Å². The van der Waals surface area contributed by atoms with Crippen molar-refractivity contribution in [3.05, 3.63) is 59.3 Å². The average Bonchev–Trinajstić information content (AvgIpc) is 3.41. The minimum atomic E-state index is -0.520. The normalized spacial score (nSPS) is 16.8. The zero-order valence-corrected chi connectivity index (χ0v) is 20.5. The van der Waals surface area contributed by atoms with Crippen molar-refractivity contribution in [1.82, 2.24) is 20.1 Å². The quantitative estimate of drug-likeness (QED) is 0.449. The highest BCUT2D eigenvalue weighted by molar-refractivity contribution is 6.04. The Bertz CT molecular complexity index is 1270. The third kappa shape index (κ3) is 4.36. The minimum absolute atomic E-state index is 0.0850. The smallest absolute Gasteiger partial charge is 0.327 e. The minimum Gasteiger partial charge on any atom is -0.493 e. The van der Waals surface area contributed by atoms with Crippen molar-refractivity contribution in [2.75, 3.05) is 27.3 Å². The summed E-state index contributed by atoms with van der Waals surface area (Å²) in [6.07, 6.45) is 3.81. The van der Waals surface area contributed by atoms with Gasteiger partial charge in [0, 0.05) is 49.6 Å². The number of ether oxygens (including phenoxy) is 2. The van der Waals surface area contributed by atoms with Gasteiger partial charge in [0.25, 0.3) is 5.91 Å². The van der Waals surface area contributed by atoms with Crippen molar-refractivity contribution in [3.63, 3.8) is 0 Å². The number of imide groups is 1. The number of para-hydroxylation sites is 1. The summed E-state index contributed by atoms with van der Waals surface area (Å²) in [6.45, 7) is 1.10. The summed E-state index contributed by atoms with van der Waals surface area (Å²) < 4.78 is 10.8. The molecule has 2 N–H and O–H groups in total. The molecule has 0 aliphatic carbocycles. The topological polar surface area (TPSA) is 104 Å². The molecule has 2 aliphatic heterocycles. The van der Waals surface area contributed by atoms with E-state index in [-0.39, 0.29) is 30.8 Å². The van der Waals surface area contributed by atoms with E-state index in [1.54, 1.807) is 19.1 Å². The van der Waals surface area contributed by atoms with E-state index in [1.807, 2.05) is 36.5 Å². The number of aromatic nitrogens is 1. The first-order chi connectivity index (χ1) is 17.5. The molecule has 1 aromatic heterocycles. The Morgan fingerprint density at radius 1 is 1.11 bits per heavy atom. The summed E-state index contributed by atoms with van der Waals surface area (Å²) in [5.74, 6) is 0.910. The summed E-state index contributed by atoms with van der Waals surface area (Å²) in [6, 6.07) is 11.0. The number of rotatable bonds is 9. The van der Waals surface area contributed by atoms with Gasteiger partial charge in [0.2, 0.25) is 5.91 Å². The monoisotopic (exact) mass is 490 g/mol. The molecule has 0 unspecified atom stereocenters. The number of benzene rings is 2. The first kappa shape index (κ1) is 23.7. The van der Waals surface area contributed by atoms with Crippen molar-refractivity contribution in [2.45, 2.75) is 38.3 Å². The fraction of sp³-hybridized carbons (Fsp3) is 0.370. The fourth-order valence-electron chi connectivity index (χ4n) is 5.13. The first-order valence-electron chi connectivity index (χ1n) is 12.2. The van der Waals surface area contributed by atoms with Crippen LogP contribution in [0.25, 0.3) is 10.9 Å². The lowest BCUT2D eigenvalue weighted by atomic mass is 9.94. The molecular weight excluding hydrogens is 460 g/mol. The van der Waals surface area contributed by atoms with Crippen LogP contribution in [-0.2, 0) is 29.0 Å². The van der Waals surface area contributed by atoms with Crippen LogP contribution in [0.3, 0.4) is 0 Å². The van der Waals surface area contributed by atoms with E-state index < -0.39 is 6.04 Å². The molecule has 0 spiro atoms. The van der Waals surface area contributed by atoms with E-state index in [9.17, 15) is 14.4 Å². The Morgan fingerprint density at radius 2 is 1.86 bits per heavy atom. The van der Waals surface area contributed by atoms with Gasteiger partial charge in [-0.1, -0.05) is 18.2 Å². The number of aromatic amines is 1. The molecule has 3 heterocycles. The summed E-state index contributed by atoms with van der Waals surface area (Å²) in [7, 11) is 3.14. The van der Waals surface area contributed by atoms with Gasteiger partial charge in [0.15, 0.2) is 11.5 Å². The van der Waals surface area contributed by atoms with Crippen LogP contribution in [0.5, 0.6) is 11.5 Å². The second-order valence-corrected chi connectivity index (χ2v) is 9.16. The van der Waals surface area contributed by atoms with Crippen LogP contribution in [0.4, 0.5) is 4.79 Å². The number of carbonyl (C=O) groups excluding carboxylic acids is 3. The Balaban J connectivity index is 1.12. The molecule has 4 amide bonds. The van der Waals surface area contributed by atoms with Gasteiger partial charge in [-0.05, 0) is 47.7 Å². The maximum Gasteiger partial charge on any atom is 0.327 e. The lowest BCUT2D eigenvalue weighted by Gasteiger charge is -2.29. The van der Waals surface area contributed by atoms with E-state index in [0.29, 0.717) is 37.4 Å². The van der Waals surface area contributed by atoms with E-state index >= 15 is 0 Å². The van der Waals surface area contributed by atoms with Crippen molar-refractivity contribution in [2.24, 2.45) is 0 Å². The second kappa shape index (κ2) is 9.93. The van der Waals surface area contributed by atoms with Crippen LogP contribution in [-0.4, -0.2) is 66.0 Å². The van der Waals surface area contributed by atoms with Crippen LogP contribution in [0.2, 0.25) is 0 Å². The third-order valence-corrected chi connectivity index (χ3v) is 7.04. The lowest BCUT2D eigenvalue weighted by Crippen LogP contribution is -2.40. The van der Waals surface area contributed by atoms with E-state index in [4.69, 9.17) is 9.47 Å². The highest BCUT2D eigenvalue weighted by atomic mass is 16.5. The molecule has 0 saturated carbocycles.